The van der Waals surface area contributed by atoms with E-state index in [2.05, 4.69) is 5.32 Å². The van der Waals surface area contributed by atoms with Crippen molar-refractivity contribution in [2.75, 3.05) is 25.6 Å². The Hall–Kier alpha value is -4.04. The first-order chi connectivity index (χ1) is 17.9. The molecule has 1 N–H and O–H groups in total. The minimum atomic E-state index is -0.275. The van der Waals surface area contributed by atoms with Crippen LogP contribution in [0.3, 0.4) is 0 Å². The maximum absolute atomic E-state index is 13.1. The second-order valence-electron chi connectivity index (χ2n) is 8.46. The Morgan fingerprint density at radius 1 is 1.05 bits per heavy atom. The monoisotopic (exact) mass is 515 g/mol. The summed E-state index contributed by atoms with van der Waals surface area (Å²) >= 11 is 1.35. The summed E-state index contributed by atoms with van der Waals surface area (Å²) in [5.41, 5.74) is 4.50. The van der Waals surface area contributed by atoms with E-state index in [4.69, 9.17) is 14.5 Å². The van der Waals surface area contributed by atoms with Crippen LogP contribution < -0.4 is 14.8 Å². The minimum Gasteiger partial charge on any atom is -0.493 e. The van der Waals surface area contributed by atoms with Crippen LogP contribution in [0, 0.1) is 13.8 Å². The SMILES string of the molecule is CCN1C(=O)/C(=C\c2ccc(OCC(=O)Nc3ccccc3)c(OC)c2)SC1=Nc1cc(C)ccc1C. The second kappa shape index (κ2) is 11.8. The molecule has 3 aromatic rings. The number of anilines is 1. The highest BCUT2D eigenvalue weighted by Gasteiger charge is 2.32. The normalized spacial score (nSPS) is 15.4. The van der Waals surface area contributed by atoms with Crippen molar-refractivity contribution in [2.45, 2.75) is 20.8 Å². The summed E-state index contributed by atoms with van der Waals surface area (Å²) in [6.45, 7) is 6.32. The molecule has 0 unspecified atom stereocenters. The highest BCUT2D eigenvalue weighted by Crippen LogP contribution is 2.36. The van der Waals surface area contributed by atoms with Gasteiger partial charge < -0.3 is 14.8 Å². The molecule has 1 saturated heterocycles. The van der Waals surface area contributed by atoms with Crippen LogP contribution in [0.15, 0.2) is 76.6 Å². The number of hydrogen-bond acceptors (Lipinski definition) is 6. The summed E-state index contributed by atoms with van der Waals surface area (Å²) in [6.07, 6.45) is 1.82. The summed E-state index contributed by atoms with van der Waals surface area (Å²) in [5.74, 6) is 0.538. The van der Waals surface area contributed by atoms with Gasteiger partial charge in [0, 0.05) is 12.2 Å². The number of amidine groups is 1. The average molecular weight is 516 g/mol. The molecule has 4 rings (SSSR count). The number of carbonyl (C=O) groups excluding carboxylic acids is 2. The Morgan fingerprint density at radius 2 is 1.84 bits per heavy atom. The van der Waals surface area contributed by atoms with Crippen LogP contribution in [0.5, 0.6) is 11.5 Å². The van der Waals surface area contributed by atoms with Gasteiger partial charge in [0.2, 0.25) is 0 Å². The molecule has 1 aliphatic rings. The Balaban J connectivity index is 1.50. The van der Waals surface area contributed by atoms with E-state index in [1.807, 2.05) is 69.3 Å². The van der Waals surface area contributed by atoms with Crippen molar-refractivity contribution < 1.29 is 19.1 Å². The third kappa shape index (κ3) is 6.40. The zero-order valence-corrected chi connectivity index (χ0v) is 22.1. The molecule has 190 valence electrons. The highest BCUT2D eigenvalue weighted by atomic mass is 32.2. The topological polar surface area (TPSA) is 80.2 Å². The van der Waals surface area contributed by atoms with Gasteiger partial charge in [0.25, 0.3) is 11.8 Å². The van der Waals surface area contributed by atoms with Gasteiger partial charge in [-0.2, -0.15) is 0 Å². The summed E-state index contributed by atoms with van der Waals surface area (Å²) in [7, 11) is 1.53. The number of thioether (sulfide) groups is 1. The quantitative estimate of drug-likeness (QED) is 0.375. The van der Waals surface area contributed by atoms with Crippen LogP contribution in [0.4, 0.5) is 11.4 Å². The van der Waals surface area contributed by atoms with Crippen molar-refractivity contribution in [3.05, 3.63) is 88.3 Å². The number of likely N-dealkylation sites (N-methyl/N-ethyl adjacent to an activating group) is 1. The Labute approximate surface area is 221 Å². The van der Waals surface area contributed by atoms with E-state index in [1.54, 1.807) is 29.2 Å². The fourth-order valence-electron chi connectivity index (χ4n) is 3.72. The number of amides is 2. The molecule has 1 fully saturated rings. The number of hydrogen-bond donors (Lipinski definition) is 1. The number of methoxy groups -OCH3 is 1. The van der Waals surface area contributed by atoms with Crippen molar-refractivity contribution in [3.8, 4) is 11.5 Å². The number of nitrogens with one attached hydrogen (secondary N) is 1. The Morgan fingerprint density at radius 3 is 2.57 bits per heavy atom. The number of nitrogens with zero attached hydrogens (tertiary/aromatic N) is 2. The molecule has 37 heavy (non-hydrogen) atoms. The molecule has 1 aliphatic heterocycles. The molecule has 7 nitrogen and oxygen atoms in total. The smallest absolute Gasteiger partial charge is 0.266 e. The van der Waals surface area contributed by atoms with E-state index < -0.39 is 0 Å². The van der Waals surface area contributed by atoms with Crippen molar-refractivity contribution >= 4 is 46.2 Å². The summed E-state index contributed by atoms with van der Waals surface area (Å²) < 4.78 is 11.2. The fourth-order valence-corrected chi connectivity index (χ4v) is 4.77. The largest absolute Gasteiger partial charge is 0.493 e. The third-order valence-electron chi connectivity index (χ3n) is 5.69. The van der Waals surface area contributed by atoms with E-state index in [9.17, 15) is 9.59 Å². The van der Waals surface area contributed by atoms with Gasteiger partial charge >= 0.3 is 0 Å². The molecule has 0 aromatic heterocycles. The van der Waals surface area contributed by atoms with Gasteiger partial charge in [0.05, 0.1) is 17.7 Å². The van der Waals surface area contributed by atoms with Crippen LogP contribution in [0.25, 0.3) is 6.08 Å². The van der Waals surface area contributed by atoms with E-state index in [-0.39, 0.29) is 18.4 Å². The summed E-state index contributed by atoms with van der Waals surface area (Å²) in [6, 6.07) is 20.6. The molecule has 0 radical (unpaired) electrons. The van der Waals surface area contributed by atoms with Crippen molar-refractivity contribution in [1.29, 1.82) is 0 Å². The number of rotatable bonds is 8. The zero-order valence-electron chi connectivity index (χ0n) is 21.3. The van der Waals surface area contributed by atoms with E-state index >= 15 is 0 Å². The number of carbonyl (C=O) groups is 2. The second-order valence-corrected chi connectivity index (χ2v) is 9.47. The summed E-state index contributed by atoms with van der Waals surface area (Å²) in [4.78, 5) is 32.4. The third-order valence-corrected chi connectivity index (χ3v) is 6.69. The van der Waals surface area contributed by atoms with Crippen molar-refractivity contribution in [3.63, 3.8) is 0 Å². The van der Waals surface area contributed by atoms with Crippen LogP contribution in [-0.4, -0.2) is 42.1 Å². The Bertz CT molecular complexity index is 1370. The lowest BCUT2D eigenvalue weighted by molar-refractivity contribution is -0.122. The number of benzene rings is 3. The van der Waals surface area contributed by atoms with Gasteiger partial charge in [-0.25, -0.2) is 4.99 Å². The number of aliphatic imine (C=N–C) groups is 1. The van der Waals surface area contributed by atoms with Crippen LogP contribution in [-0.2, 0) is 9.59 Å². The fraction of sp³-hybridized carbons (Fsp3) is 0.207. The lowest BCUT2D eigenvalue weighted by Gasteiger charge is -2.13. The molecule has 3 aromatic carbocycles. The van der Waals surface area contributed by atoms with Gasteiger partial charge in [-0.1, -0.05) is 36.4 Å². The minimum absolute atomic E-state index is 0.0894. The van der Waals surface area contributed by atoms with Gasteiger partial charge in [0.15, 0.2) is 23.3 Å². The number of para-hydroxylation sites is 1. The van der Waals surface area contributed by atoms with E-state index in [0.717, 1.165) is 22.4 Å². The van der Waals surface area contributed by atoms with E-state index in [0.29, 0.717) is 33.8 Å². The number of ether oxygens (including phenoxy) is 2. The van der Waals surface area contributed by atoms with E-state index in [1.165, 1.54) is 18.9 Å². The Kier molecular flexibility index (Phi) is 8.30. The molecule has 0 bridgehead atoms. The van der Waals surface area contributed by atoms with Gasteiger partial charge in [-0.05, 0) is 85.6 Å². The van der Waals surface area contributed by atoms with Crippen LogP contribution >= 0.6 is 11.8 Å². The molecule has 1 heterocycles. The van der Waals surface area contributed by atoms with Crippen molar-refractivity contribution in [1.82, 2.24) is 4.90 Å². The summed E-state index contributed by atoms with van der Waals surface area (Å²) in [5, 5.41) is 3.44. The molecular formula is C29H29N3O4S. The maximum Gasteiger partial charge on any atom is 0.266 e. The molecule has 2 amide bonds. The molecular weight excluding hydrogens is 486 g/mol. The molecule has 0 spiro atoms. The molecule has 8 heteroatoms. The predicted octanol–water partition coefficient (Wildman–Crippen LogP) is 5.95. The predicted molar refractivity (Wildman–Crippen MR) is 150 cm³/mol. The lowest BCUT2D eigenvalue weighted by atomic mass is 10.1. The van der Waals surface area contributed by atoms with Gasteiger partial charge in [-0.15, -0.1) is 0 Å². The molecule has 0 aliphatic carbocycles. The van der Waals surface area contributed by atoms with Crippen LogP contribution in [0.2, 0.25) is 0 Å². The lowest BCUT2D eigenvalue weighted by Crippen LogP contribution is -2.28. The van der Waals surface area contributed by atoms with Crippen molar-refractivity contribution in [2.24, 2.45) is 4.99 Å². The van der Waals surface area contributed by atoms with Gasteiger partial charge in [0.1, 0.15) is 0 Å². The first-order valence-corrected chi connectivity index (χ1v) is 12.7. The zero-order chi connectivity index (χ0) is 26.4. The first kappa shape index (κ1) is 26.0. The average Bonchev–Trinajstić information content (AvgIpc) is 3.19. The molecule has 0 atom stereocenters. The molecule has 0 saturated carbocycles. The number of aryl methyl sites for hydroxylation is 2. The standard InChI is InChI=1S/C29H29N3O4S/c1-5-32-28(34)26(37-29(32)31-23-15-19(2)11-12-20(23)3)17-21-13-14-24(25(16-21)35-4)36-18-27(33)30-22-9-7-6-8-10-22/h6-17H,5,18H2,1-4H3,(H,30,33)/b26-17+,31-29?. The van der Waals surface area contributed by atoms with Crippen LogP contribution in [0.1, 0.15) is 23.6 Å². The van der Waals surface area contributed by atoms with Gasteiger partial charge in [-0.3, -0.25) is 14.5 Å². The maximum atomic E-state index is 13.1. The highest BCUT2D eigenvalue weighted by molar-refractivity contribution is 8.18. The first-order valence-electron chi connectivity index (χ1n) is 11.9.